The number of halogens is 2. The van der Waals surface area contributed by atoms with Gasteiger partial charge in [0.05, 0.1) is 6.61 Å². The highest BCUT2D eigenvalue weighted by Gasteiger charge is 2.20. The molecule has 21 heavy (non-hydrogen) atoms. The lowest BCUT2D eigenvalue weighted by atomic mass is 9.98. The summed E-state index contributed by atoms with van der Waals surface area (Å²) in [6.07, 6.45) is 3.46. The average molecular weight is 376 g/mol. The Morgan fingerprint density at radius 3 is 3.05 bits per heavy atom. The molecule has 5 heteroatoms. The molecular formula is C16H24BrClN2O. The number of piperidine rings is 1. The standard InChI is InChI=1S/C16H24BrClN2O/c1-21-11-12-3-2-7-20(10-12)8-6-16(19)14-5-4-13(17)9-15(14)18/h4-5,9,12,16H,2-3,6-8,10-11,19H2,1H3. The fraction of sp³-hybridized carbons (Fsp3) is 0.625. The van der Waals surface area contributed by atoms with Crippen molar-refractivity contribution in [2.75, 3.05) is 33.4 Å². The summed E-state index contributed by atoms with van der Waals surface area (Å²) in [5.74, 6) is 0.663. The van der Waals surface area contributed by atoms with E-state index in [-0.39, 0.29) is 6.04 Å². The first kappa shape index (κ1) is 17.2. The molecule has 0 saturated carbocycles. The lowest BCUT2D eigenvalue weighted by molar-refractivity contribution is 0.0892. The molecule has 0 radical (unpaired) electrons. The van der Waals surface area contributed by atoms with E-state index in [2.05, 4.69) is 20.8 Å². The molecule has 1 aliphatic rings. The molecule has 0 spiro atoms. The number of nitrogens with two attached hydrogens (primary N) is 1. The predicted octanol–water partition coefficient (Wildman–Crippen LogP) is 3.85. The third kappa shape index (κ3) is 5.22. The van der Waals surface area contributed by atoms with Crippen LogP contribution in [0.3, 0.4) is 0 Å². The third-order valence-corrected chi connectivity index (χ3v) is 4.94. The molecule has 3 nitrogen and oxygen atoms in total. The molecule has 2 N–H and O–H groups in total. The van der Waals surface area contributed by atoms with E-state index in [0.29, 0.717) is 5.92 Å². The minimum atomic E-state index is -0.00611. The predicted molar refractivity (Wildman–Crippen MR) is 91.7 cm³/mol. The Balaban J connectivity index is 1.84. The van der Waals surface area contributed by atoms with Crippen LogP contribution in [0.2, 0.25) is 5.02 Å². The highest BCUT2D eigenvalue weighted by atomic mass is 79.9. The minimum absolute atomic E-state index is 0.00611. The van der Waals surface area contributed by atoms with Crippen molar-refractivity contribution in [3.63, 3.8) is 0 Å². The Hall–Kier alpha value is -0.130. The van der Waals surface area contributed by atoms with Gasteiger partial charge < -0.3 is 15.4 Å². The highest BCUT2D eigenvalue weighted by Crippen LogP contribution is 2.27. The van der Waals surface area contributed by atoms with Crippen LogP contribution in [0.4, 0.5) is 0 Å². The monoisotopic (exact) mass is 374 g/mol. The Morgan fingerprint density at radius 2 is 2.33 bits per heavy atom. The molecular weight excluding hydrogens is 352 g/mol. The van der Waals surface area contributed by atoms with Crippen LogP contribution in [-0.4, -0.2) is 38.3 Å². The van der Waals surface area contributed by atoms with Gasteiger partial charge in [-0.05, 0) is 56.0 Å². The average Bonchev–Trinajstić information content (AvgIpc) is 2.45. The number of likely N-dealkylation sites (tertiary alicyclic amines) is 1. The van der Waals surface area contributed by atoms with Gasteiger partial charge in [-0.15, -0.1) is 0 Å². The molecule has 2 unspecified atom stereocenters. The number of benzene rings is 1. The second kappa shape index (κ2) is 8.49. The molecule has 0 aliphatic carbocycles. The number of nitrogens with zero attached hydrogens (tertiary/aromatic N) is 1. The van der Waals surface area contributed by atoms with Gasteiger partial charge in [-0.25, -0.2) is 0 Å². The van der Waals surface area contributed by atoms with Gasteiger partial charge in [0, 0.05) is 29.2 Å². The van der Waals surface area contributed by atoms with Crippen LogP contribution in [-0.2, 0) is 4.74 Å². The summed E-state index contributed by atoms with van der Waals surface area (Å²) in [4.78, 5) is 2.50. The van der Waals surface area contributed by atoms with E-state index in [4.69, 9.17) is 22.1 Å². The van der Waals surface area contributed by atoms with Crippen molar-refractivity contribution in [2.24, 2.45) is 11.7 Å². The van der Waals surface area contributed by atoms with Gasteiger partial charge in [0.25, 0.3) is 0 Å². The van der Waals surface area contributed by atoms with Gasteiger partial charge in [-0.3, -0.25) is 0 Å². The van der Waals surface area contributed by atoms with E-state index in [0.717, 1.165) is 41.2 Å². The van der Waals surface area contributed by atoms with E-state index in [1.807, 2.05) is 18.2 Å². The number of hydrogen-bond donors (Lipinski definition) is 1. The van der Waals surface area contributed by atoms with Gasteiger partial charge in [0.15, 0.2) is 0 Å². The molecule has 2 rings (SSSR count). The first-order valence-corrected chi connectivity index (χ1v) is 8.69. The second-order valence-corrected chi connectivity index (χ2v) is 7.15. The molecule has 0 aromatic heterocycles. The zero-order valence-electron chi connectivity index (χ0n) is 12.5. The number of rotatable bonds is 6. The number of hydrogen-bond acceptors (Lipinski definition) is 3. The van der Waals surface area contributed by atoms with Gasteiger partial charge in [0.2, 0.25) is 0 Å². The van der Waals surface area contributed by atoms with Crippen LogP contribution < -0.4 is 5.73 Å². The van der Waals surface area contributed by atoms with Crippen molar-refractivity contribution >= 4 is 27.5 Å². The van der Waals surface area contributed by atoms with Gasteiger partial charge in [0.1, 0.15) is 0 Å². The van der Waals surface area contributed by atoms with Crippen molar-refractivity contribution in [3.05, 3.63) is 33.3 Å². The van der Waals surface area contributed by atoms with Crippen LogP contribution in [0, 0.1) is 5.92 Å². The fourth-order valence-corrected chi connectivity index (χ4v) is 3.82. The second-order valence-electron chi connectivity index (χ2n) is 5.83. The van der Waals surface area contributed by atoms with Crippen LogP contribution in [0.25, 0.3) is 0 Å². The van der Waals surface area contributed by atoms with Crippen molar-refractivity contribution in [2.45, 2.75) is 25.3 Å². The first-order valence-electron chi connectivity index (χ1n) is 7.52. The van der Waals surface area contributed by atoms with Crippen molar-refractivity contribution in [3.8, 4) is 0 Å². The molecule has 1 fully saturated rings. The maximum Gasteiger partial charge on any atom is 0.0502 e. The third-order valence-electron chi connectivity index (χ3n) is 4.12. The topological polar surface area (TPSA) is 38.5 Å². The quantitative estimate of drug-likeness (QED) is 0.820. The molecule has 1 heterocycles. The molecule has 118 valence electrons. The summed E-state index contributed by atoms with van der Waals surface area (Å²) < 4.78 is 6.27. The lowest BCUT2D eigenvalue weighted by Crippen LogP contribution is -2.38. The Kier molecular flexibility index (Phi) is 6.96. The summed E-state index contributed by atoms with van der Waals surface area (Å²) in [5, 5.41) is 0.743. The van der Waals surface area contributed by atoms with E-state index in [9.17, 15) is 0 Å². The van der Waals surface area contributed by atoms with Gasteiger partial charge in [-0.1, -0.05) is 33.6 Å². The zero-order valence-corrected chi connectivity index (χ0v) is 14.9. The lowest BCUT2D eigenvalue weighted by Gasteiger charge is -2.33. The van der Waals surface area contributed by atoms with Crippen molar-refractivity contribution < 1.29 is 4.74 Å². The zero-order chi connectivity index (χ0) is 15.2. The Bertz CT molecular complexity index is 456. The normalized spacial score (nSPS) is 21.4. The van der Waals surface area contributed by atoms with Crippen LogP contribution in [0.15, 0.2) is 22.7 Å². The summed E-state index contributed by atoms with van der Waals surface area (Å²) in [7, 11) is 1.78. The molecule has 1 aromatic carbocycles. The fourth-order valence-electron chi connectivity index (χ4n) is 3.01. The van der Waals surface area contributed by atoms with Crippen LogP contribution in [0.5, 0.6) is 0 Å². The maximum atomic E-state index is 6.31. The Labute approximate surface area is 140 Å². The number of methoxy groups -OCH3 is 1. The van der Waals surface area contributed by atoms with E-state index in [1.54, 1.807) is 7.11 Å². The summed E-state index contributed by atoms with van der Waals surface area (Å²) in [6, 6.07) is 5.91. The van der Waals surface area contributed by atoms with E-state index >= 15 is 0 Å². The van der Waals surface area contributed by atoms with E-state index in [1.165, 1.54) is 19.4 Å². The maximum absolute atomic E-state index is 6.31. The summed E-state index contributed by atoms with van der Waals surface area (Å²) in [6.45, 7) is 4.17. The molecule has 1 aliphatic heterocycles. The smallest absolute Gasteiger partial charge is 0.0502 e. The van der Waals surface area contributed by atoms with Gasteiger partial charge >= 0.3 is 0 Å². The SMILES string of the molecule is COCC1CCCN(CCC(N)c2ccc(Br)cc2Cl)C1. The molecule has 0 bridgehead atoms. The number of ether oxygens (including phenoxy) is 1. The Morgan fingerprint density at radius 1 is 1.52 bits per heavy atom. The van der Waals surface area contributed by atoms with Crippen molar-refractivity contribution in [1.82, 2.24) is 4.90 Å². The van der Waals surface area contributed by atoms with Crippen molar-refractivity contribution in [1.29, 1.82) is 0 Å². The minimum Gasteiger partial charge on any atom is -0.384 e. The van der Waals surface area contributed by atoms with Crippen LogP contribution >= 0.6 is 27.5 Å². The summed E-state index contributed by atoms with van der Waals surface area (Å²) in [5.41, 5.74) is 7.34. The highest BCUT2D eigenvalue weighted by molar-refractivity contribution is 9.10. The van der Waals surface area contributed by atoms with Gasteiger partial charge in [-0.2, -0.15) is 0 Å². The van der Waals surface area contributed by atoms with Crippen LogP contribution in [0.1, 0.15) is 30.9 Å². The molecule has 1 aromatic rings. The summed E-state index contributed by atoms with van der Waals surface area (Å²) >= 11 is 9.69. The molecule has 1 saturated heterocycles. The largest absolute Gasteiger partial charge is 0.384 e. The molecule has 0 amide bonds. The first-order chi connectivity index (χ1) is 10.1. The molecule has 2 atom stereocenters. The van der Waals surface area contributed by atoms with E-state index < -0.39 is 0 Å².